The zero-order valence-corrected chi connectivity index (χ0v) is 16.2. The van der Waals surface area contributed by atoms with Gasteiger partial charge in [-0.1, -0.05) is 6.07 Å². The molecule has 1 aliphatic rings. The Hall–Kier alpha value is -3.20. The van der Waals surface area contributed by atoms with Crippen molar-refractivity contribution in [1.29, 1.82) is 0 Å². The van der Waals surface area contributed by atoms with Gasteiger partial charge < -0.3 is 10.1 Å². The summed E-state index contributed by atoms with van der Waals surface area (Å²) in [7, 11) is -3.34. The van der Waals surface area contributed by atoms with Gasteiger partial charge in [-0.05, 0) is 24.3 Å². The molecule has 1 aliphatic heterocycles. The van der Waals surface area contributed by atoms with Crippen molar-refractivity contribution in [3.63, 3.8) is 0 Å². The number of amides is 1. The van der Waals surface area contributed by atoms with E-state index in [9.17, 15) is 13.2 Å². The molecule has 2 aromatic heterocycles. The molecule has 0 atom stereocenters. The van der Waals surface area contributed by atoms with Crippen LogP contribution in [-0.4, -0.2) is 35.3 Å². The van der Waals surface area contributed by atoms with Gasteiger partial charge in [-0.2, -0.15) is 5.10 Å². The van der Waals surface area contributed by atoms with Gasteiger partial charge in [-0.15, -0.1) is 0 Å². The first-order valence-corrected chi connectivity index (χ1v) is 10.5. The number of fused-ring (bicyclic) bond motifs is 2. The molecule has 0 saturated heterocycles. The third-order valence-electron chi connectivity index (χ3n) is 4.36. The minimum absolute atomic E-state index is 0.0317. The third-order valence-corrected chi connectivity index (χ3v) is 5.36. The standard InChI is InChI=1S/C19H18N4O4S/c1-12(24)21-15-5-3-14-10-23-16(11-27-18(14)7-15)8-17(22-23)13-4-6-19(20-9-13)28(2,25)26/h3-9H,10-11H2,1-2H3,(H,21,24). The number of hydrogen-bond acceptors (Lipinski definition) is 6. The maximum Gasteiger partial charge on any atom is 0.221 e. The highest BCUT2D eigenvalue weighted by Gasteiger charge is 2.18. The van der Waals surface area contributed by atoms with E-state index in [2.05, 4.69) is 15.4 Å². The maximum atomic E-state index is 11.6. The number of carbonyl (C=O) groups is 1. The molecule has 9 heteroatoms. The van der Waals surface area contributed by atoms with Gasteiger partial charge in [-0.25, -0.2) is 13.4 Å². The van der Waals surface area contributed by atoms with Crippen LogP contribution in [0.3, 0.4) is 0 Å². The lowest BCUT2D eigenvalue weighted by molar-refractivity contribution is -0.114. The highest BCUT2D eigenvalue weighted by atomic mass is 32.2. The smallest absolute Gasteiger partial charge is 0.221 e. The number of nitrogens with one attached hydrogen (secondary N) is 1. The summed E-state index contributed by atoms with van der Waals surface area (Å²) in [4.78, 5) is 15.2. The van der Waals surface area contributed by atoms with E-state index < -0.39 is 9.84 Å². The average molecular weight is 398 g/mol. The van der Waals surface area contributed by atoms with Crippen LogP contribution in [0.2, 0.25) is 0 Å². The summed E-state index contributed by atoms with van der Waals surface area (Å²) < 4.78 is 30.9. The second-order valence-corrected chi connectivity index (χ2v) is 8.59. The largest absolute Gasteiger partial charge is 0.487 e. The summed E-state index contributed by atoms with van der Waals surface area (Å²) in [5.41, 5.74) is 3.95. The SMILES string of the molecule is CC(=O)Nc1ccc2c(c1)OCc1cc(-c3ccc(S(C)(=O)=O)nc3)nn1C2. The fourth-order valence-electron chi connectivity index (χ4n) is 3.01. The predicted octanol–water partition coefficient (Wildman–Crippen LogP) is 2.25. The Morgan fingerprint density at radius 1 is 1.21 bits per heavy atom. The summed E-state index contributed by atoms with van der Waals surface area (Å²) in [5.74, 6) is 0.569. The first-order valence-electron chi connectivity index (χ1n) is 8.56. The highest BCUT2D eigenvalue weighted by molar-refractivity contribution is 7.90. The Labute approximate surface area is 162 Å². The summed E-state index contributed by atoms with van der Waals surface area (Å²) >= 11 is 0. The topological polar surface area (TPSA) is 103 Å². The number of nitrogens with zero attached hydrogens (tertiary/aromatic N) is 3. The van der Waals surface area contributed by atoms with E-state index in [1.54, 1.807) is 12.1 Å². The number of hydrogen-bond donors (Lipinski definition) is 1. The first kappa shape index (κ1) is 18.2. The second kappa shape index (κ2) is 6.75. The molecule has 0 radical (unpaired) electrons. The van der Waals surface area contributed by atoms with Gasteiger partial charge in [0.25, 0.3) is 0 Å². The number of carbonyl (C=O) groups excluding carboxylic acids is 1. The van der Waals surface area contributed by atoms with Crippen LogP contribution in [-0.2, 0) is 27.8 Å². The van der Waals surface area contributed by atoms with Crippen LogP contribution in [0, 0.1) is 0 Å². The summed E-state index contributed by atoms with van der Waals surface area (Å²) in [6, 6.07) is 10.6. The molecule has 0 unspecified atom stereocenters. The Morgan fingerprint density at radius 3 is 2.71 bits per heavy atom. The number of aromatic nitrogens is 3. The van der Waals surface area contributed by atoms with Crippen LogP contribution in [0.25, 0.3) is 11.3 Å². The van der Waals surface area contributed by atoms with E-state index >= 15 is 0 Å². The fourth-order valence-corrected chi connectivity index (χ4v) is 3.57. The van der Waals surface area contributed by atoms with E-state index in [1.807, 2.05) is 22.9 Å². The van der Waals surface area contributed by atoms with E-state index in [1.165, 1.54) is 19.2 Å². The Balaban J connectivity index is 1.61. The number of anilines is 1. The van der Waals surface area contributed by atoms with Crippen molar-refractivity contribution in [2.75, 3.05) is 11.6 Å². The summed E-state index contributed by atoms with van der Waals surface area (Å²) in [5, 5.41) is 7.40. The van der Waals surface area contributed by atoms with Crippen molar-refractivity contribution in [2.45, 2.75) is 25.1 Å². The third kappa shape index (κ3) is 3.61. The number of rotatable bonds is 3. The van der Waals surface area contributed by atoms with Crippen LogP contribution >= 0.6 is 0 Å². The van der Waals surface area contributed by atoms with Gasteiger partial charge >= 0.3 is 0 Å². The van der Waals surface area contributed by atoms with Crippen LogP contribution in [0.1, 0.15) is 18.2 Å². The minimum Gasteiger partial charge on any atom is -0.487 e. The molecular weight excluding hydrogens is 380 g/mol. The van der Waals surface area contributed by atoms with Crippen molar-refractivity contribution in [3.05, 3.63) is 53.9 Å². The predicted molar refractivity (Wildman–Crippen MR) is 103 cm³/mol. The molecule has 0 bridgehead atoms. The summed E-state index contributed by atoms with van der Waals surface area (Å²) in [6.45, 7) is 2.32. The van der Waals surface area contributed by atoms with Crippen molar-refractivity contribution in [2.24, 2.45) is 0 Å². The molecule has 0 saturated carbocycles. The molecule has 1 N–H and O–H groups in total. The Kier molecular flexibility index (Phi) is 4.38. The van der Waals surface area contributed by atoms with E-state index in [0.717, 1.165) is 23.1 Å². The number of pyridine rings is 1. The van der Waals surface area contributed by atoms with Gasteiger partial charge in [0.1, 0.15) is 12.4 Å². The summed E-state index contributed by atoms with van der Waals surface area (Å²) in [6.07, 6.45) is 2.63. The van der Waals surface area contributed by atoms with Gasteiger partial charge in [0.15, 0.2) is 14.9 Å². The molecular formula is C19H18N4O4S. The lowest BCUT2D eigenvalue weighted by atomic mass is 10.2. The molecule has 8 nitrogen and oxygen atoms in total. The number of ether oxygens (including phenoxy) is 1. The van der Waals surface area contributed by atoms with E-state index in [-0.39, 0.29) is 10.9 Å². The molecule has 3 heterocycles. The number of benzene rings is 1. The lowest BCUT2D eigenvalue weighted by Gasteiger charge is -2.09. The molecule has 0 spiro atoms. The molecule has 1 aromatic carbocycles. The molecule has 0 aliphatic carbocycles. The van der Waals surface area contributed by atoms with Crippen LogP contribution < -0.4 is 10.1 Å². The second-order valence-electron chi connectivity index (χ2n) is 6.63. The van der Waals surface area contributed by atoms with Crippen LogP contribution in [0.4, 0.5) is 5.69 Å². The van der Waals surface area contributed by atoms with Gasteiger partial charge in [0.2, 0.25) is 5.91 Å². The molecule has 0 fully saturated rings. The Morgan fingerprint density at radius 2 is 2.04 bits per heavy atom. The van der Waals surface area contributed by atoms with Gasteiger partial charge in [0, 0.05) is 42.3 Å². The zero-order chi connectivity index (χ0) is 19.9. The van der Waals surface area contributed by atoms with Crippen molar-refractivity contribution in [3.8, 4) is 17.0 Å². The normalized spacial score (nSPS) is 13.1. The first-order chi connectivity index (χ1) is 13.3. The quantitative estimate of drug-likeness (QED) is 0.726. The number of sulfone groups is 1. The van der Waals surface area contributed by atoms with Gasteiger partial charge in [0.05, 0.1) is 17.9 Å². The zero-order valence-electron chi connectivity index (χ0n) is 15.3. The fraction of sp³-hybridized carbons (Fsp3) is 0.211. The molecule has 3 aromatic rings. The minimum atomic E-state index is -3.34. The monoisotopic (exact) mass is 398 g/mol. The van der Waals surface area contributed by atoms with Crippen LogP contribution in [0.15, 0.2) is 47.6 Å². The van der Waals surface area contributed by atoms with Crippen molar-refractivity contribution >= 4 is 21.4 Å². The Bertz CT molecular complexity index is 1170. The molecule has 4 rings (SSSR count). The molecule has 1 amide bonds. The molecule has 144 valence electrons. The average Bonchev–Trinajstić information content (AvgIpc) is 2.95. The maximum absolute atomic E-state index is 11.6. The van der Waals surface area contributed by atoms with Crippen molar-refractivity contribution < 1.29 is 17.9 Å². The van der Waals surface area contributed by atoms with Crippen LogP contribution in [0.5, 0.6) is 5.75 Å². The molecule has 28 heavy (non-hydrogen) atoms. The lowest BCUT2D eigenvalue weighted by Crippen LogP contribution is -2.06. The van der Waals surface area contributed by atoms with Gasteiger partial charge in [-0.3, -0.25) is 9.48 Å². The van der Waals surface area contributed by atoms with E-state index in [4.69, 9.17) is 4.74 Å². The van der Waals surface area contributed by atoms with E-state index in [0.29, 0.717) is 30.3 Å². The van der Waals surface area contributed by atoms with Crippen molar-refractivity contribution in [1.82, 2.24) is 14.8 Å². The highest BCUT2D eigenvalue weighted by Crippen LogP contribution is 2.30.